The summed E-state index contributed by atoms with van der Waals surface area (Å²) in [6, 6.07) is 0. The lowest BCUT2D eigenvalue weighted by molar-refractivity contribution is -0.0566. The Labute approximate surface area is 478 Å². The van der Waals surface area contributed by atoms with Crippen LogP contribution in [-0.4, -0.2) is 44.6 Å². The van der Waals surface area contributed by atoms with Crippen molar-refractivity contribution in [1.82, 2.24) is 0 Å². The highest BCUT2D eigenvalue weighted by molar-refractivity contribution is 7.80. The summed E-state index contributed by atoms with van der Waals surface area (Å²) in [6.45, 7) is 32.2. The lowest BCUT2D eigenvalue weighted by Gasteiger charge is -2.58. The van der Waals surface area contributed by atoms with E-state index < -0.39 is 10.8 Å². The highest BCUT2D eigenvalue weighted by Crippen LogP contribution is 2.60. The molecule has 0 aliphatic heterocycles. The number of thiocarbonyl (C=S) groups is 4. The van der Waals surface area contributed by atoms with Crippen molar-refractivity contribution in [2.75, 3.05) is 0 Å². The van der Waals surface area contributed by atoms with Crippen LogP contribution in [-0.2, 0) is 18.9 Å². The normalized spacial score (nSPS) is 16.1. The fourth-order valence-corrected chi connectivity index (χ4v) is 13.5. The second-order valence-electron chi connectivity index (χ2n) is 23.6. The first kappa shape index (κ1) is 72.6. The Balaban J connectivity index is 7.29. The predicted octanol–water partition coefficient (Wildman–Crippen LogP) is 23.0. The van der Waals surface area contributed by atoms with Crippen LogP contribution in [0.5, 0.6) is 0 Å². The molecule has 0 rings (SSSR count). The molecule has 0 aliphatic carbocycles. The van der Waals surface area contributed by atoms with Crippen LogP contribution in [0.3, 0.4) is 0 Å². The average Bonchev–Trinajstić information content (AvgIpc) is 3.37. The summed E-state index contributed by atoms with van der Waals surface area (Å²) in [5, 5.41) is 2.68. The number of unbranched alkanes of at least 4 members (excludes halogenated alkanes) is 24. The molecule has 0 aromatic heterocycles. The summed E-state index contributed by atoms with van der Waals surface area (Å²) in [6.07, 6.45) is 44.7. The summed E-state index contributed by atoms with van der Waals surface area (Å²) in [5.74, 6) is -0.660. The van der Waals surface area contributed by atoms with Crippen LogP contribution in [0.2, 0.25) is 0 Å². The van der Waals surface area contributed by atoms with E-state index in [2.05, 4.69) is 96.9 Å². The molecule has 0 heterocycles. The van der Waals surface area contributed by atoms with Crippen molar-refractivity contribution < 1.29 is 18.9 Å². The molecule has 8 atom stereocenters. The topological polar surface area (TPSA) is 36.9 Å². The SMILES string of the molecule is CCCCCCCCCC(CC)OC(=S)C(C)CC(C)(C)C(C(C)C(=S)OC(CC)CCCCCCCCC)(C(C)C(=S)OC(CC)CCCCCCCCC)C(C)C(=S)OC(CC)CCCCCCCCC. The van der Waals surface area contributed by atoms with Gasteiger partial charge in [0, 0.05) is 29.1 Å². The van der Waals surface area contributed by atoms with Crippen LogP contribution in [0.25, 0.3) is 0 Å². The van der Waals surface area contributed by atoms with Gasteiger partial charge in [0.05, 0.1) is 24.4 Å². The van der Waals surface area contributed by atoms with Gasteiger partial charge in [-0.2, -0.15) is 0 Å². The summed E-state index contributed by atoms with van der Waals surface area (Å²) in [4.78, 5) is 0. The monoisotopic (exact) mass is 1100 g/mol. The minimum Gasteiger partial charge on any atom is -0.484 e. The number of ether oxygens (including phenoxy) is 4. The van der Waals surface area contributed by atoms with Gasteiger partial charge in [-0.15, -0.1) is 0 Å². The van der Waals surface area contributed by atoms with Crippen molar-refractivity contribution in [1.29, 1.82) is 0 Å². The van der Waals surface area contributed by atoms with E-state index in [1.54, 1.807) is 0 Å². The molecule has 73 heavy (non-hydrogen) atoms. The van der Waals surface area contributed by atoms with Gasteiger partial charge in [-0.3, -0.25) is 0 Å². The zero-order valence-electron chi connectivity index (χ0n) is 51.0. The van der Waals surface area contributed by atoms with Gasteiger partial charge in [0.2, 0.25) is 0 Å². The third-order valence-corrected chi connectivity index (χ3v) is 18.9. The van der Waals surface area contributed by atoms with Gasteiger partial charge in [-0.1, -0.05) is 251 Å². The largest absolute Gasteiger partial charge is 0.484 e. The third kappa shape index (κ3) is 29.9. The second-order valence-corrected chi connectivity index (χ2v) is 25.2. The van der Waals surface area contributed by atoms with E-state index in [1.165, 1.54) is 161 Å². The van der Waals surface area contributed by atoms with Gasteiger partial charge in [0.15, 0.2) is 20.2 Å². The Hall–Kier alpha value is -0.440. The van der Waals surface area contributed by atoms with Crippen molar-refractivity contribution in [3.63, 3.8) is 0 Å². The zero-order valence-corrected chi connectivity index (χ0v) is 54.3. The van der Waals surface area contributed by atoms with Crippen molar-refractivity contribution in [3.05, 3.63) is 0 Å². The molecule has 0 amide bonds. The summed E-state index contributed by atoms with van der Waals surface area (Å²) in [7, 11) is 0. The van der Waals surface area contributed by atoms with E-state index in [9.17, 15) is 0 Å². The van der Waals surface area contributed by atoms with E-state index in [1.807, 2.05) is 0 Å². The highest BCUT2D eigenvalue weighted by Gasteiger charge is 2.60. The Kier molecular flexibility index (Phi) is 45.2. The first-order valence-corrected chi connectivity index (χ1v) is 33.5. The molecule has 0 aromatic rings. The summed E-state index contributed by atoms with van der Waals surface area (Å²) >= 11 is 26.1. The lowest BCUT2D eigenvalue weighted by Crippen LogP contribution is -2.59. The average molecular weight is 1100 g/mol. The minimum absolute atomic E-state index is 0.000289. The van der Waals surface area contributed by atoms with Crippen molar-refractivity contribution in [3.8, 4) is 0 Å². The molecule has 0 fully saturated rings. The molecule has 0 aliphatic rings. The Morgan fingerprint density at radius 3 is 0.740 bits per heavy atom. The molecule has 0 spiro atoms. The standard InChI is InChI=1S/C65H124O4S4/c1-15-23-27-31-35-39-43-47-56(19-5)66-60(70)52(9)51-64(13,14)65(53(10)61(71)67-57(20-6)48-44-40-36-32-28-24-16-2,54(11)62(72)68-58(21-7)49-45-41-37-33-29-25-17-3)55(12)63(73)69-59(22-8)50-46-42-38-34-30-26-18-4/h52-59H,15-51H2,1-14H3. The molecule has 432 valence electrons. The van der Waals surface area contributed by atoms with Crippen LogP contribution in [0.15, 0.2) is 0 Å². The fraction of sp³-hybridized carbons (Fsp3) is 0.938. The number of hydrogen-bond acceptors (Lipinski definition) is 8. The van der Waals surface area contributed by atoms with Gasteiger partial charge in [0.1, 0.15) is 0 Å². The fourth-order valence-electron chi connectivity index (χ4n) is 12.3. The summed E-state index contributed by atoms with van der Waals surface area (Å²) < 4.78 is 28.0. The second kappa shape index (κ2) is 45.4. The Morgan fingerprint density at radius 2 is 0.521 bits per heavy atom. The van der Waals surface area contributed by atoms with Gasteiger partial charge < -0.3 is 18.9 Å². The van der Waals surface area contributed by atoms with Gasteiger partial charge in [0.25, 0.3) is 0 Å². The van der Waals surface area contributed by atoms with Crippen LogP contribution < -0.4 is 0 Å². The van der Waals surface area contributed by atoms with Crippen LogP contribution in [0.1, 0.15) is 335 Å². The van der Waals surface area contributed by atoms with Gasteiger partial charge in [-0.25, -0.2) is 0 Å². The molecule has 8 unspecified atom stereocenters. The van der Waals surface area contributed by atoms with Crippen LogP contribution in [0.4, 0.5) is 0 Å². The minimum atomic E-state index is -0.656. The first-order valence-electron chi connectivity index (χ1n) is 31.8. The first-order chi connectivity index (χ1) is 35.0. The molecule has 0 N–H and O–H groups in total. The molecule has 0 radical (unpaired) electrons. The van der Waals surface area contributed by atoms with E-state index in [4.69, 9.17) is 67.8 Å². The molecule has 0 saturated heterocycles. The number of hydrogen-bond donors (Lipinski definition) is 0. The zero-order chi connectivity index (χ0) is 54.9. The van der Waals surface area contributed by atoms with Gasteiger partial charge in [-0.05, 0) is 138 Å². The van der Waals surface area contributed by atoms with Crippen LogP contribution in [0, 0.1) is 34.5 Å². The van der Waals surface area contributed by atoms with Crippen molar-refractivity contribution >= 4 is 69.1 Å². The summed E-state index contributed by atoms with van der Waals surface area (Å²) in [5.41, 5.74) is -1.09. The van der Waals surface area contributed by atoms with E-state index in [-0.39, 0.29) is 48.1 Å². The Morgan fingerprint density at radius 1 is 0.315 bits per heavy atom. The van der Waals surface area contributed by atoms with E-state index >= 15 is 0 Å². The molecular weight excluding hydrogens is 973 g/mol. The maximum atomic E-state index is 7.08. The van der Waals surface area contributed by atoms with E-state index in [0.717, 1.165) is 77.0 Å². The third-order valence-electron chi connectivity index (χ3n) is 17.1. The van der Waals surface area contributed by atoms with E-state index in [0.29, 0.717) is 20.2 Å². The molecule has 4 nitrogen and oxygen atoms in total. The van der Waals surface area contributed by atoms with Gasteiger partial charge >= 0.3 is 0 Å². The Bertz CT molecular complexity index is 1260. The van der Waals surface area contributed by atoms with Crippen molar-refractivity contribution in [2.24, 2.45) is 34.5 Å². The van der Waals surface area contributed by atoms with Crippen molar-refractivity contribution in [2.45, 2.75) is 359 Å². The maximum absolute atomic E-state index is 7.08. The lowest BCUT2D eigenvalue weighted by atomic mass is 9.47. The quantitative estimate of drug-likeness (QED) is 0.0441. The predicted molar refractivity (Wildman–Crippen MR) is 339 cm³/mol. The number of rotatable bonds is 50. The molecule has 8 heteroatoms. The molecule has 0 saturated carbocycles. The molecular formula is C65H124O4S4. The highest BCUT2D eigenvalue weighted by atomic mass is 32.1. The van der Waals surface area contributed by atoms with Crippen LogP contribution >= 0.6 is 48.9 Å². The molecule has 0 bridgehead atoms. The molecule has 0 aromatic carbocycles. The maximum Gasteiger partial charge on any atom is 0.163 e. The smallest absolute Gasteiger partial charge is 0.163 e.